The van der Waals surface area contributed by atoms with Crippen LogP contribution in [0, 0.1) is 18.8 Å². The standard InChI is InChI=1S/C19H29N3O2/c1-12(2)18(23)20-15-10-9-14(4)17(11-15)22-19(24)21-16-8-6-5-7-13(16)3/h9-13,16H,5-8H2,1-4H3,(H,20,23)(H2,21,22,24). The molecule has 3 N–H and O–H groups in total. The van der Waals surface area contributed by atoms with E-state index >= 15 is 0 Å². The van der Waals surface area contributed by atoms with Gasteiger partial charge in [-0.2, -0.15) is 0 Å². The van der Waals surface area contributed by atoms with Crippen LogP contribution in [0.2, 0.25) is 0 Å². The van der Waals surface area contributed by atoms with Gasteiger partial charge in [-0.15, -0.1) is 0 Å². The van der Waals surface area contributed by atoms with Gasteiger partial charge in [0.25, 0.3) is 0 Å². The SMILES string of the molecule is Cc1ccc(NC(=O)C(C)C)cc1NC(=O)NC1CCCCC1C. The molecular formula is C19H29N3O2. The summed E-state index contributed by atoms with van der Waals surface area (Å²) in [7, 11) is 0. The van der Waals surface area contributed by atoms with Crippen molar-refractivity contribution in [2.45, 2.75) is 59.4 Å². The molecule has 0 saturated heterocycles. The van der Waals surface area contributed by atoms with Gasteiger partial charge in [-0.1, -0.05) is 39.7 Å². The molecule has 1 aliphatic rings. The lowest BCUT2D eigenvalue weighted by molar-refractivity contribution is -0.118. The highest BCUT2D eigenvalue weighted by Crippen LogP contribution is 2.24. The highest BCUT2D eigenvalue weighted by Gasteiger charge is 2.22. The molecule has 24 heavy (non-hydrogen) atoms. The van der Waals surface area contributed by atoms with Gasteiger partial charge in [0, 0.05) is 23.3 Å². The zero-order valence-electron chi connectivity index (χ0n) is 15.1. The van der Waals surface area contributed by atoms with Crippen LogP contribution in [0.4, 0.5) is 16.2 Å². The van der Waals surface area contributed by atoms with E-state index < -0.39 is 0 Å². The number of amides is 3. The maximum atomic E-state index is 12.3. The normalized spacial score (nSPS) is 20.5. The van der Waals surface area contributed by atoms with Gasteiger partial charge in [0.2, 0.25) is 5.91 Å². The van der Waals surface area contributed by atoms with Gasteiger partial charge >= 0.3 is 6.03 Å². The zero-order valence-corrected chi connectivity index (χ0v) is 15.1. The number of carbonyl (C=O) groups excluding carboxylic acids is 2. The van der Waals surface area contributed by atoms with E-state index in [0.717, 1.165) is 17.7 Å². The number of urea groups is 1. The number of hydrogen-bond donors (Lipinski definition) is 3. The molecule has 0 spiro atoms. The molecule has 5 heteroatoms. The topological polar surface area (TPSA) is 70.2 Å². The smallest absolute Gasteiger partial charge is 0.319 e. The first-order valence-corrected chi connectivity index (χ1v) is 8.86. The Hall–Kier alpha value is -2.04. The van der Waals surface area contributed by atoms with E-state index in [9.17, 15) is 9.59 Å². The Labute approximate surface area is 144 Å². The summed E-state index contributed by atoms with van der Waals surface area (Å²) < 4.78 is 0. The largest absolute Gasteiger partial charge is 0.335 e. The van der Waals surface area contributed by atoms with E-state index in [1.54, 1.807) is 6.07 Å². The van der Waals surface area contributed by atoms with Crippen molar-refractivity contribution in [3.8, 4) is 0 Å². The first kappa shape index (κ1) is 18.3. The maximum absolute atomic E-state index is 12.3. The van der Waals surface area contributed by atoms with Crippen LogP contribution in [0.3, 0.4) is 0 Å². The molecule has 0 bridgehead atoms. The summed E-state index contributed by atoms with van der Waals surface area (Å²) in [6.45, 7) is 7.83. The Bertz CT molecular complexity index is 598. The van der Waals surface area contributed by atoms with Crippen molar-refractivity contribution < 1.29 is 9.59 Å². The molecule has 2 atom stereocenters. The van der Waals surface area contributed by atoms with Crippen molar-refractivity contribution >= 4 is 23.3 Å². The number of aryl methyl sites for hydroxylation is 1. The Balaban J connectivity index is 2.00. The van der Waals surface area contributed by atoms with Gasteiger partial charge in [-0.3, -0.25) is 4.79 Å². The van der Waals surface area contributed by atoms with Crippen molar-refractivity contribution in [1.29, 1.82) is 0 Å². The summed E-state index contributed by atoms with van der Waals surface area (Å²) in [5, 5.41) is 8.87. The van der Waals surface area contributed by atoms with Crippen LogP contribution in [-0.2, 0) is 4.79 Å². The molecule has 0 aromatic heterocycles. The Morgan fingerprint density at radius 3 is 2.50 bits per heavy atom. The number of anilines is 2. The van der Waals surface area contributed by atoms with Crippen LogP contribution < -0.4 is 16.0 Å². The monoisotopic (exact) mass is 331 g/mol. The van der Waals surface area contributed by atoms with Crippen molar-refractivity contribution in [3.63, 3.8) is 0 Å². The number of carbonyl (C=O) groups is 2. The number of benzene rings is 1. The van der Waals surface area contributed by atoms with Crippen molar-refractivity contribution in [1.82, 2.24) is 5.32 Å². The molecule has 0 heterocycles. The third-order valence-corrected chi connectivity index (χ3v) is 4.71. The summed E-state index contributed by atoms with van der Waals surface area (Å²) in [5.74, 6) is 0.395. The number of rotatable bonds is 4. The minimum absolute atomic E-state index is 0.0368. The lowest BCUT2D eigenvalue weighted by Gasteiger charge is -2.29. The van der Waals surface area contributed by atoms with Gasteiger partial charge in [0.1, 0.15) is 0 Å². The van der Waals surface area contributed by atoms with Crippen LogP contribution in [0.5, 0.6) is 0 Å². The molecule has 0 radical (unpaired) electrons. The highest BCUT2D eigenvalue weighted by molar-refractivity contribution is 5.94. The molecule has 1 aromatic rings. The van der Waals surface area contributed by atoms with Crippen LogP contribution in [0.25, 0.3) is 0 Å². The van der Waals surface area contributed by atoms with Crippen molar-refractivity contribution in [2.24, 2.45) is 11.8 Å². The molecule has 0 aliphatic heterocycles. The molecule has 5 nitrogen and oxygen atoms in total. The van der Waals surface area contributed by atoms with Crippen molar-refractivity contribution in [3.05, 3.63) is 23.8 Å². The van der Waals surface area contributed by atoms with Gasteiger partial charge in [-0.25, -0.2) is 4.79 Å². The van der Waals surface area contributed by atoms with E-state index in [0.29, 0.717) is 11.6 Å². The third kappa shape index (κ3) is 4.98. The van der Waals surface area contributed by atoms with E-state index in [1.165, 1.54) is 19.3 Å². The molecule has 2 rings (SSSR count). The molecule has 1 fully saturated rings. The van der Waals surface area contributed by atoms with Gasteiger partial charge in [0.15, 0.2) is 0 Å². The first-order valence-electron chi connectivity index (χ1n) is 8.86. The van der Waals surface area contributed by atoms with Gasteiger partial charge in [0.05, 0.1) is 0 Å². The van der Waals surface area contributed by atoms with E-state index in [-0.39, 0.29) is 23.9 Å². The Morgan fingerprint density at radius 1 is 1.12 bits per heavy atom. The average Bonchev–Trinajstić information content (AvgIpc) is 2.52. The summed E-state index contributed by atoms with van der Waals surface area (Å²) in [5.41, 5.74) is 2.38. The molecule has 132 valence electrons. The summed E-state index contributed by atoms with van der Waals surface area (Å²) in [4.78, 5) is 24.1. The first-order chi connectivity index (χ1) is 11.4. The predicted octanol–water partition coefficient (Wildman–Crippen LogP) is 4.29. The Morgan fingerprint density at radius 2 is 1.83 bits per heavy atom. The van der Waals surface area contributed by atoms with Crippen LogP contribution in [-0.4, -0.2) is 18.0 Å². The lowest BCUT2D eigenvalue weighted by atomic mass is 9.86. The van der Waals surface area contributed by atoms with Crippen LogP contribution >= 0.6 is 0 Å². The third-order valence-electron chi connectivity index (χ3n) is 4.71. The molecule has 3 amide bonds. The second kappa shape index (κ2) is 8.18. The lowest BCUT2D eigenvalue weighted by Crippen LogP contribution is -2.43. The fourth-order valence-electron chi connectivity index (χ4n) is 2.98. The molecule has 1 saturated carbocycles. The van der Waals surface area contributed by atoms with E-state index in [4.69, 9.17) is 0 Å². The summed E-state index contributed by atoms with van der Waals surface area (Å²) in [6, 6.07) is 5.61. The van der Waals surface area contributed by atoms with Gasteiger partial charge < -0.3 is 16.0 Å². The number of nitrogens with one attached hydrogen (secondary N) is 3. The second-order valence-electron chi connectivity index (χ2n) is 7.14. The quantitative estimate of drug-likeness (QED) is 0.770. The second-order valence-corrected chi connectivity index (χ2v) is 7.14. The fraction of sp³-hybridized carbons (Fsp3) is 0.579. The molecule has 2 unspecified atom stereocenters. The minimum atomic E-state index is -0.177. The van der Waals surface area contributed by atoms with E-state index in [1.807, 2.05) is 32.9 Å². The van der Waals surface area contributed by atoms with E-state index in [2.05, 4.69) is 22.9 Å². The van der Waals surface area contributed by atoms with Crippen LogP contribution in [0.15, 0.2) is 18.2 Å². The summed E-state index contributed by atoms with van der Waals surface area (Å²) >= 11 is 0. The van der Waals surface area contributed by atoms with Crippen LogP contribution in [0.1, 0.15) is 52.0 Å². The fourth-order valence-corrected chi connectivity index (χ4v) is 2.98. The molecule has 1 aliphatic carbocycles. The van der Waals surface area contributed by atoms with Crippen molar-refractivity contribution in [2.75, 3.05) is 10.6 Å². The zero-order chi connectivity index (χ0) is 17.7. The Kier molecular flexibility index (Phi) is 6.23. The molecule has 1 aromatic carbocycles. The molecular weight excluding hydrogens is 302 g/mol. The average molecular weight is 331 g/mol. The highest BCUT2D eigenvalue weighted by atomic mass is 16.2. The maximum Gasteiger partial charge on any atom is 0.319 e. The summed E-state index contributed by atoms with van der Waals surface area (Å²) in [6.07, 6.45) is 4.63. The minimum Gasteiger partial charge on any atom is -0.335 e. The predicted molar refractivity (Wildman–Crippen MR) is 98.2 cm³/mol. The number of hydrogen-bond acceptors (Lipinski definition) is 2. The van der Waals surface area contributed by atoms with Gasteiger partial charge in [-0.05, 0) is 43.4 Å².